The van der Waals surface area contributed by atoms with E-state index in [-0.39, 0.29) is 18.4 Å². The minimum Gasteiger partial charge on any atom is -0.348 e. The van der Waals surface area contributed by atoms with Crippen LogP contribution in [0.25, 0.3) is 0 Å². The number of nitrogens with one attached hydrogen (secondary N) is 4. The molecule has 2 aromatic carbocycles. The van der Waals surface area contributed by atoms with Crippen molar-refractivity contribution in [1.82, 2.24) is 26.3 Å². The van der Waals surface area contributed by atoms with Crippen LogP contribution in [0.5, 0.6) is 0 Å². The van der Waals surface area contributed by atoms with Crippen molar-refractivity contribution >= 4 is 35.0 Å². The van der Waals surface area contributed by atoms with E-state index in [0.29, 0.717) is 51.5 Å². The van der Waals surface area contributed by atoms with Gasteiger partial charge < -0.3 is 32.7 Å². The summed E-state index contributed by atoms with van der Waals surface area (Å²) >= 11 is 1.43. The van der Waals surface area contributed by atoms with E-state index in [1.54, 1.807) is 6.20 Å². The number of rotatable bonds is 20. The van der Waals surface area contributed by atoms with Crippen molar-refractivity contribution in [3.63, 3.8) is 0 Å². The Morgan fingerprint density at radius 2 is 1.36 bits per heavy atom. The Kier molecular flexibility index (Phi) is 16.0. The summed E-state index contributed by atoms with van der Waals surface area (Å²) in [5.74, 6) is -1.69. The molecule has 4 atom stereocenters. The molecule has 254 valence electrons. The number of benzene rings is 2. The molecule has 0 saturated heterocycles. The lowest BCUT2D eigenvalue weighted by atomic mass is 9.99. The maximum Gasteiger partial charge on any atom is 0.243 e. The molecule has 0 radical (unpaired) electrons. The Morgan fingerprint density at radius 3 is 1.98 bits per heavy atom. The van der Waals surface area contributed by atoms with Crippen LogP contribution < -0.4 is 32.7 Å². The van der Waals surface area contributed by atoms with Gasteiger partial charge in [0, 0.05) is 11.6 Å². The molecule has 4 amide bonds. The minimum absolute atomic E-state index is 0.0529. The molecule has 11 nitrogen and oxygen atoms in total. The molecular formula is C35H49N7O4S. The van der Waals surface area contributed by atoms with Gasteiger partial charge in [-0.05, 0) is 68.5 Å². The summed E-state index contributed by atoms with van der Waals surface area (Å²) in [5.41, 5.74) is 13.8. The van der Waals surface area contributed by atoms with E-state index in [2.05, 4.69) is 26.3 Å². The molecule has 3 rings (SSSR count). The molecule has 0 aliphatic carbocycles. The van der Waals surface area contributed by atoms with Gasteiger partial charge in [0.1, 0.15) is 23.1 Å². The van der Waals surface area contributed by atoms with Gasteiger partial charge in [0.15, 0.2) is 0 Å². The molecular weight excluding hydrogens is 614 g/mol. The topological polar surface area (TPSA) is 181 Å². The lowest BCUT2D eigenvalue weighted by Crippen LogP contribution is -2.58. The molecule has 0 fully saturated rings. The van der Waals surface area contributed by atoms with Crippen LogP contribution >= 0.6 is 11.3 Å². The number of thiazole rings is 1. The first-order valence-electron chi connectivity index (χ1n) is 16.3. The van der Waals surface area contributed by atoms with Crippen LogP contribution in [0, 0.1) is 5.92 Å². The summed E-state index contributed by atoms with van der Waals surface area (Å²) in [7, 11) is 0. The zero-order chi connectivity index (χ0) is 34.0. The summed E-state index contributed by atoms with van der Waals surface area (Å²) in [5, 5.41) is 14.0. The van der Waals surface area contributed by atoms with E-state index in [0.717, 1.165) is 16.1 Å². The number of hydrogen-bond acceptors (Lipinski definition) is 8. The van der Waals surface area contributed by atoms with Gasteiger partial charge in [-0.1, -0.05) is 74.5 Å². The third-order valence-electron chi connectivity index (χ3n) is 7.65. The number of carbonyl (C=O) groups is 4. The first kappa shape index (κ1) is 37.3. The molecule has 0 aliphatic heterocycles. The highest BCUT2D eigenvalue weighted by Crippen LogP contribution is 2.11. The lowest BCUT2D eigenvalue weighted by molar-refractivity contribution is -0.134. The normalized spacial score (nSPS) is 13.6. The number of aromatic nitrogens is 1. The SMILES string of the molecule is CC(C)C[C@@H](NC(=O)[C@@H](CCc1ccccc1)NC(=O)[C@H](N)Cc1ccccc1)C(=O)N[C@H](CCCCN)C(=O)NCc1nccs1. The summed E-state index contributed by atoms with van der Waals surface area (Å²) in [6.07, 6.45) is 4.88. The molecule has 0 spiro atoms. The summed E-state index contributed by atoms with van der Waals surface area (Å²) in [6, 6.07) is 15.5. The van der Waals surface area contributed by atoms with Gasteiger partial charge in [-0.25, -0.2) is 4.98 Å². The highest BCUT2D eigenvalue weighted by molar-refractivity contribution is 7.09. The van der Waals surface area contributed by atoms with Crippen LogP contribution in [-0.4, -0.2) is 59.3 Å². The molecule has 0 aliphatic rings. The second-order valence-electron chi connectivity index (χ2n) is 12.1. The average molecular weight is 664 g/mol. The molecule has 1 aromatic heterocycles. The Hall–Kier alpha value is -4.13. The van der Waals surface area contributed by atoms with Crippen molar-refractivity contribution in [2.45, 2.75) is 89.5 Å². The fourth-order valence-electron chi connectivity index (χ4n) is 5.10. The van der Waals surface area contributed by atoms with Gasteiger partial charge in [-0.2, -0.15) is 0 Å². The predicted molar refractivity (Wildman–Crippen MR) is 185 cm³/mol. The molecule has 0 unspecified atom stereocenters. The minimum atomic E-state index is -0.936. The standard InChI is InChI=1S/C35H49N7O4S/c1-24(2)21-30(35(46)41-28(15-9-10-18-36)33(44)39-23-31-38-19-20-47-31)42-34(45)29(17-16-25-11-5-3-6-12-25)40-32(43)27(37)22-26-13-7-4-8-14-26/h3-8,11-14,19-20,24,27-30H,9-10,15-18,21-23,36-37H2,1-2H3,(H,39,44)(H,40,43)(H,41,46)(H,42,45)/t27-,28-,29-,30-/m1/s1. The van der Waals surface area contributed by atoms with Crippen molar-refractivity contribution in [3.05, 3.63) is 88.4 Å². The maximum absolute atomic E-state index is 13.8. The second-order valence-corrected chi connectivity index (χ2v) is 13.0. The second kappa shape index (κ2) is 20.2. The van der Waals surface area contributed by atoms with E-state index >= 15 is 0 Å². The average Bonchev–Trinajstić information content (AvgIpc) is 3.59. The number of carbonyl (C=O) groups excluding carboxylic acids is 4. The van der Waals surface area contributed by atoms with Crippen LogP contribution in [0.15, 0.2) is 72.2 Å². The molecule has 3 aromatic rings. The Balaban J connectivity index is 1.73. The summed E-state index contributed by atoms with van der Waals surface area (Å²) in [6.45, 7) is 4.62. The van der Waals surface area contributed by atoms with Crippen molar-refractivity contribution in [2.24, 2.45) is 17.4 Å². The predicted octanol–water partition coefficient (Wildman–Crippen LogP) is 2.59. The van der Waals surface area contributed by atoms with Gasteiger partial charge in [-0.15, -0.1) is 11.3 Å². The van der Waals surface area contributed by atoms with Crippen molar-refractivity contribution in [1.29, 1.82) is 0 Å². The van der Waals surface area contributed by atoms with Gasteiger partial charge >= 0.3 is 0 Å². The van der Waals surface area contributed by atoms with Gasteiger partial charge in [0.25, 0.3) is 0 Å². The fourth-order valence-corrected chi connectivity index (χ4v) is 5.66. The zero-order valence-corrected chi connectivity index (χ0v) is 28.1. The third-order valence-corrected chi connectivity index (χ3v) is 8.43. The lowest BCUT2D eigenvalue weighted by Gasteiger charge is -2.27. The zero-order valence-electron chi connectivity index (χ0n) is 27.3. The molecule has 0 saturated carbocycles. The summed E-state index contributed by atoms with van der Waals surface area (Å²) in [4.78, 5) is 58.0. The van der Waals surface area contributed by atoms with Crippen LogP contribution in [0.4, 0.5) is 0 Å². The number of aryl methyl sites for hydroxylation is 1. The van der Waals surface area contributed by atoms with Crippen LogP contribution in [0.3, 0.4) is 0 Å². The molecule has 0 bridgehead atoms. The maximum atomic E-state index is 13.8. The molecule has 8 N–H and O–H groups in total. The molecule has 12 heteroatoms. The van der Waals surface area contributed by atoms with Gasteiger partial charge in [-0.3, -0.25) is 19.2 Å². The number of nitrogens with zero attached hydrogens (tertiary/aromatic N) is 1. The Bertz CT molecular complexity index is 1370. The van der Waals surface area contributed by atoms with Gasteiger partial charge in [0.05, 0.1) is 12.6 Å². The Morgan fingerprint density at radius 1 is 0.766 bits per heavy atom. The highest BCUT2D eigenvalue weighted by Gasteiger charge is 2.31. The number of unbranched alkanes of at least 4 members (excludes halogenated alkanes) is 1. The van der Waals surface area contributed by atoms with Gasteiger partial charge in [0.2, 0.25) is 23.6 Å². The molecule has 1 heterocycles. The van der Waals surface area contributed by atoms with E-state index in [1.165, 1.54) is 11.3 Å². The quantitative estimate of drug-likeness (QED) is 0.101. The van der Waals surface area contributed by atoms with Crippen LogP contribution in [-0.2, 0) is 38.6 Å². The number of nitrogens with two attached hydrogens (primary N) is 2. The van der Waals surface area contributed by atoms with Crippen molar-refractivity contribution < 1.29 is 19.2 Å². The first-order valence-corrected chi connectivity index (χ1v) is 17.1. The first-order chi connectivity index (χ1) is 22.7. The largest absolute Gasteiger partial charge is 0.348 e. The Labute approximate surface area is 281 Å². The van der Waals surface area contributed by atoms with Crippen LogP contribution in [0.2, 0.25) is 0 Å². The van der Waals surface area contributed by atoms with E-state index in [1.807, 2.05) is 79.9 Å². The fraction of sp³-hybridized carbons (Fsp3) is 0.457. The summed E-state index contributed by atoms with van der Waals surface area (Å²) < 4.78 is 0. The monoisotopic (exact) mass is 663 g/mol. The smallest absolute Gasteiger partial charge is 0.243 e. The van der Waals surface area contributed by atoms with E-state index < -0.39 is 41.9 Å². The highest BCUT2D eigenvalue weighted by atomic mass is 32.1. The number of amides is 4. The third kappa shape index (κ3) is 13.6. The van der Waals surface area contributed by atoms with Crippen LogP contribution in [0.1, 0.15) is 62.1 Å². The van der Waals surface area contributed by atoms with Crippen molar-refractivity contribution in [3.8, 4) is 0 Å². The van der Waals surface area contributed by atoms with E-state index in [4.69, 9.17) is 11.5 Å². The van der Waals surface area contributed by atoms with Crippen molar-refractivity contribution in [2.75, 3.05) is 6.54 Å². The number of hydrogen-bond donors (Lipinski definition) is 6. The van der Waals surface area contributed by atoms with E-state index in [9.17, 15) is 19.2 Å². The molecule has 47 heavy (non-hydrogen) atoms.